The standard InChI is InChI=1S/CHCl3O6S3/c2-11(5,6)1(12(3,7)8)13(4,9)10/h1H. The molecule has 12 heteroatoms. The third-order valence-electron chi connectivity index (χ3n) is 0.690. The predicted octanol–water partition coefficient (Wildman–Crippen LogP) is -0.0242. The van der Waals surface area contributed by atoms with Gasteiger partial charge in [-0.3, -0.25) is 0 Å². The molecule has 0 aliphatic heterocycles. The smallest absolute Gasteiger partial charge is 0.210 e. The molecule has 0 bridgehead atoms. The van der Waals surface area contributed by atoms with Crippen LogP contribution in [0.15, 0.2) is 0 Å². The summed E-state index contributed by atoms with van der Waals surface area (Å²) in [6, 6.07) is 0. The van der Waals surface area contributed by atoms with E-state index in [1.807, 2.05) is 0 Å². The Morgan fingerprint density at radius 2 is 0.769 bits per heavy atom. The van der Waals surface area contributed by atoms with E-state index in [4.69, 9.17) is 0 Å². The molecule has 6 nitrogen and oxygen atoms in total. The molecule has 0 atom stereocenters. The Bertz CT molecular complexity index is 405. The van der Waals surface area contributed by atoms with Crippen molar-refractivity contribution in [1.29, 1.82) is 0 Å². The van der Waals surface area contributed by atoms with E-state index in [2.05, 4.69) is 32.0 Å². The topological polar surface area (TPSA) is 102 Å². The molecule has 0 radical (unpaired) electrons. The zero-order valence-electron chi connectivity index (χ0n) is 5.39. The summed E-state index contributed by atoms with van der Waals surface area (Å²) in [4.78, 5) is 0. The van der Waals surface area contributed by atoms with Gasteiger partial charge in [0.15, 0.2) is 0 Å². The third kappa shape index (κ3) is 4.17. The van der Waals surface area contributed by atoms with Gasteiger partial charge in [-0.25, -0.2) is 25.3 Å². The van der Waals surface area contributed by atoms with Crippen LogP contribution in [0.4, 0.5) is 0 Å². The second-order valence-corrected chi connectivity index (χ2v) is 10.7. The van der Waals surface area contributed by atoms with E-state index < -0.39 is 31.1 Å². The molecular weight excluding hydrogens is 311 g/mol. The van der Waals surface area contributed by atoms with Crippen molar-refractivity contribution in [3.8, 4) is 0 Å². The molecule has 0 aromatic carbocycles. The molecule has 0 aromatic rings. The number of halogens is 3. The van der Waals surface area contributed by atoms with Crippen LogP contribution in [-0.4, -0.2) is 29.2 Å². The van der Waals surface area contributed by atoms with Gasteiger partial charge < -0.3 is 0 Å². The summed E-state index contributed by atoms with van der Waals surface area (Å²) >= 11 is 0. The quantitative estimate of drug-likeness (QED) is 0.678. The lowest BCUT2D eigenvalue weighted by Crippen LogP contribution is -2.29. The molecule has 0 saturated carbocycles. The first kappa shape index (κ1) is 13.7. The molecule has 80 valence electrons. The van der Waals surface area contributed by atoms with Crippen molar-refractivity contribution in [3.63, 3.8) is 0 Å². The summed E-state index contributed by atoms with van der Waals surface area (Å²) in [5.74, 6) is 0. The Morgan fingerprint density at radius 1 is 0.615 bits per heavy atom. The van der Waals surface area contributed by atoms with Gasteiger partial charge in [-0.1, -0.05) is 0 Å². The summed E-state index contributed by atoms with van der Waals surface area (Å²) in [6.07, 6.45) is 0. The van der Waals surface area contributed by atoms with Crippen LogP contribution >= 0.6 is 32.0 Å². The normalized spacial score (nSPS) is 14.8. The molecule has 0 aliphatic carbocycles. The maximum atomic E-state index is 10.5. The van der Waals surface area contributed by atoms with Crippen molar-refractivity contribution in [2.75, 3.05) is 0 Å². The first-order valence-electron chi connectivity index (χ1n) is 2.17. The number of hydrogen-bond donors (Lipinski definition) is 0. The van der Waals surface area contributed by atoms with Gasteiger partial charge in [0.1, 0.15) is 0 Å². The lowest BCUT2D eigenvalue weighted by atomic mass is 11.9. The second-order valence-electron chi connectivity index (χ2n) is 1.72. The zero-order valence-corrected chi connectivity index (χ0v) is 10.1. The molecule has 0 fully saturated rings. The number of rotatable bonds is 3. The van der Waals surface area contributed by atoms with E-state index in [0.29, 0.717) is 0 Å². The third-order valence-corrected chi connectivity index (χ3v) is 10.1. The van der Waals surface area contributed by atoms with Gasteiger partial charge in [-0.2, -0.15) is 0 Å². The van der Waals surface area contributed by atoms with Crippen molar-refractivity contribution < 1.29 is 25.3 Å². The Kier molecular flexibility index (Phi) is 3.91. The zero-order chi connectivity index (χ0) is 11.1. The molecule has 0 aromatic heterocycles. The fourth-order valence-corrected chi connectivity index (χ4v) is 9.88. The molecule has 0 heterocycles. The molecule has 0 aliphatic rings. The summed E-state index contributed by atoms with van der Waals surface area (Å²) < 4.78 is 59.7. The molecule has 13 heavy (non-hydrogen) atoms. The van der Waals surface area contributed by atoms with Crippen LogP contribution in [0.3, 0.4) is 0 Å². The predicted molar refractivity (Wildman–Crippen MR) is 48.1 cm³/mol. The highest BCUT2D eigenvalue weighted by molar-refractivity contribution is 8.42. The lowest BCUT2D eigenvalue weighted by molar-refractivity contribution is 0.590. The largest absolute Gasteiger partial charge is 0.305 e. The van der Waals surface area contributed by atoms with Crippen LogP contribution in [0.5, 0.6) is 0 Å². The average molecular weight is 312 g/mol. The monoisotopic (exact) mass is 310 g/mol. The molecule has 0 rings (SSSR count). The Morgan fingerprint density at radius 3 is 0.769 bits per heavy atom. The van der Waals surface area contributed by atoms with Crippen molar-refractivity contribution >= 4 is 59.2 Å². The first-order chi connectivity index (χ1) is 5.37. The van der Waals surface area contributed by atoms with Crippen LogP contribution in [0.1, 0.15) is 0 Å². The molecule has 0 spiro atoms. The summed E-state index contributed by atoms with van der Waals surface area (Å²) in [6.45, 7) is 0. The van der Waals surface area contributed by atoms with Crippen LogP contribution in [0, 0.1) is 0 Å². The summed E-state index contributed by atoms with van der Waals surface area (Å²) in [5, 5.41) is 0. The van der Waals surface area contributed by atoms with Crippen molar-refractivity contribution in [2.24, 2.45) is 0 Å². The van der Waals surface area contributed by atoms with E-state index >= 15 is 0 Å². The highest BCUT2D eigenvalue weighted by Crippen LogP contribution is 2.26. The second kappa shape index (κ2) is 3.70. The SMILES string of the molecule is O=S(=O)(Cl)C(S(=O)(=O)Cl)S(=O)(=O)Cl. The number of hydrogen-bond acceptors (Lipinski definition) is 6. The molecule has 0 unspecified atom stereocenters. The van der Waals surface area contributed by atoms with Gasteiger partial charge in [0, 0.05) is 32.0 Å². The van der Waals surface area contributed by atoms with Gasteiger partial charge >= 0.3 is 3.91 Å². The maximum absolute atomic E-state index is 10.5. The van der Waals surface area contributed by atoms with Gasteiger partial charge in [-0.05, 0) is 0 Å². The first-order valence-corrected chi connectivity index (χ1v) is 9.29. The molecule has 0 saturated heterocycles. The fraction of sp³-hybridized carbons (Fsp3) is 1.00. The van der Waals surface area contributed by atoms with E-state index in [9.17, 15) is 25.3 Å². The lowest BCUT2D eigenvalue weighted by Gasteiger charge is -2.04. The van der Waals surface area contributed by atoms with Gasteiger partial charge in [0.05, 0.1) is 0 Å². The van der Waals surface area contributed by atoms with Crippen molar-refractivity contribution in [3.05, 3.63) is 0 Å². The van der Waals surface area contributed by atoms with E-state index in [-0.39, 0.29) is 0 Å². The van der Waals surface area contributed by atoms with Crippen molar-refractivity contribution in [2.45, 2.75) is 3.91 Å². The van der Waals surface area contributed by atoms with Crippen LogP contribution in [0.25, 0.3) is 0 Å². The minimum atomic E-state index is -4.95. The Labute approximate surface area is 88.0 Å². The van der Waals surface area contributed by atoms with Gasteiger partial charge in [0.25, 0.3) is 27.2 Å². The Balaban J connectivity index is 5.87. The van der Waals surface area contributed by atoms with Crippen molar-refractivity contribution in [1.82, 2.24) is 0 Å². The minimum Gasteiger partial charge on any atom is -0.210 e. The average Bonchev–Trinajstić information content (AvgIpc) is 1.44. The fourth-order valence-electron chi connectivity index (χ4n) is 0.412. The molecule has 0 N–H and O–H groups in total. The Hall–Kier alpha value is 0.720. The van der Waals surface area contributed by atoms with Crippen LogP contribution < -0.4 is 0 Å². The molecule has 0 amide bonds. The highest BCUT2D eigenvalue weighted by atomic mass is 35.7. The maximum Gasteiger partial charge on any atom is 0.305 e. The highest BCUT2D eigenvalue weighted by Gasteiger charge is 2.46. The van der Waals surface area contributed by atoms with Crippen LogP contribution in [0.2, 0.25) is 0 Å². The van der Waals surface area contributed by atoms with Gasteiger partial charge in [0.2, 0.25) is 0 Å². The molecular formula is CHCl3O6S3. The van der Waals surface area contributed by atoms with E-state index in [0.717, 1.165) is 0 Å². The van der Waals surface area contributed by atoms with E-state index in [1.165, 1.54) is 0 Å². The van der Waals surface area contributed by atoms with Gasteiger partial charge in [-0.15, -0.1) is 0 Å². The summed E-state index contributed by atoms with van der Waals surface area (Å²) in [7, 11) is -1.30. The minimum absolute atomic E-state index is 3.06. The summed E-state index contributed by atoms with van der Waals surface area (Å²) in [5.41, 5.74) is 0. The van der Waals surface area contributed by atoms with Crippen LogP contribution in [-0.2, 0) is 27.2 Å². The van der Waals surface area contributed by atoms with E-state index in [1.54, 1.807) is 0 Å².